The molecule has 3 saturated carbocycles. The fourth-order valence-corrected chi connectivity index (χ4v) is 4.90. The fraction of sp³-hybridized carbons (Fsp3) is 0.842. The maximum Gasteiger partial charge on any atom is 0.325 e. The summed E-state index contributed by atoms with van der Waals surface area (Å²) < 4.78 is 0. The second-order valence-corrected chi connectivity index (χ2v) is 8.68. The van der Waals surface area contributed by atoms with Crippen LogP contribution in [-0.2, 0) is 9.59 Å². The number of hydrogen-bond acceptors (Lipinski definition) is 3. The van der Waals surface area contributed by atoms with E-state index in [1.54, 1.807) is 0 Å². The zero-order valence-electron chi connectivity index (χ0n) is 15.2. The van der Waals surface area contributed by atoms with Gasteiger partial charge in [-0.05, 0) is 55.8 Å². The maximum absolute atomic E-state index is 13.0. The molecule has 0 aromatic heterocycles. The Labute approximate surface area is 149 Å². The third-order valence-electron chi connectivity index (χ3n) is 6.96. The first-order chi connectivity index (χ1) is 11.9. The van der Waals surface area contributed by atoms with Crippen LogP contribution in [0.15, 0.2) is 0 Å². The molecule has 4 aliphatic rings. The van der Waals surface area contributed by atoms with Gasteiger partial charge in [0, 0.05) is 6.04 Å². The third-order valence-corrected chi connectivity index (χ3v) is 6.96. The van der Waals surface area contributed by atoms with Crippen LogP contribution < -0.4 is 10.6 Å². The summed E-state index contributed by atoms with van der Waals surface area (Å²) in [5.41, 5.74) is -0.704. The Morgan fingerprint density at radius 3 is 2.36 bits per heavy atom. The number of nitrogens with zero attached hydrogens (tertiary/aromatic N) is 1. The van der Waals surface area contributed by atoms with Crippen molar-refractivity contribution in [2.24, 2.45) is 23.7 Å². The molecule has 6 heteroatoms. The Hall–Kier alpha value is -1.59. The summed E-state index contributed by atoms with van der Waals surface area (Å²) in [6, 6.07) is -0.238. The summed E-state index contributed by atoms with van der Waals surface area (Å²) in [7, 11) is 0. The standard InChI is InChI=1S/C19H29N3O3/c1-11-4-3-5-15(12(11)2)20-16(23)10-22-17(24)19(13-6-7-13,14-8-9-14)21-18(22)25/h11-15H,3-10H2,1-2H3,(H,20,23)(H,21,25)/t11-,12-,15+/m1/s1. The molecule has 0 aromatic carbocycles. The number of carbonyl (C=O) groups is 3. The van der Waals surface area contributed by atoms with Gasteiger partial charge in [-0.15, -0.1) is 0 Å². The van der Waals surface area contributed by atoms with E-state index in [0.29, 0.717) is 11.8 Å². The molecule has 0 spiro atoms. The van der Waals surface area contributed by atoms with Gasteiger partial charge >= 0.3 is 6.03 Å². The quantitative estimate of drug-likeness (QED) is 0.747. The summed E-state index contributed by atoms with van der Waals surface area (Å²) in [6.07, 6.45) is 7.30. The largest absolute Gasteiger partial charge is 0.352 e. The van der Waals surface area contributed by atoms with E-state index >= 15 is 0 Å². The van der Waals surface area contributed by atoms with Gasteiger partial charge in [0.25, 0.3) is 5.91 Å². The van der Waals surface area contributed by atoms with Gasteiger partial charge < -0.3 is 10.6 Å². The van der Waals surface area contributed by atoms with Gasteiger partial charge in [0.15, 0.2) is 0 Å². The Morgan fingerprint density at radius 1 is 1.12 bits per heavy atom. The lowest BCUT2D eigenvalue weighted by Crippen LogP contribution is -2.52. The zero-order valence-corrected chi connectivity index (χ0v) is 15.2. The van der Waals surface area contributed by atoms with Crippen molar-refractivity contribution in [2.75, 3.05) is 6.54 Å². The molecule has 1 heterocycles. The summed E-state index contributed by atoms with van der Waals surface area (Å²) in [6.45, 7) is 4.25. The van der Waals surface area contributed by atoms with Crippen LogP contribution in [0.1, 0.15) is 58.8 Å². The molecule has 1 aliphatic heterocycles. The molecule has 6 nitrogen and oxygen atoms in total. The molecule has 4 fully saturated rings. The first kappa shape index (κ1) is 16.9. The van der Waals surface area contributed by atoms with Gasteiger partial charge in [0.1, 0.15) is 12.1 Å². The highest BCUT2D eigenvalue weighted by atomic mass is 16.2. The van der Waals surface area contributed by atoms with E-state index in [0.717, 1.165) is 43.4 Å². The predicted octanol–water partition coefficient (Wildman–Crippen LogP) is 2.04. The topological polar surface area (TPSA) is 78.5 Å². The number of rotatable bonds is 5. The summed E-state index contributed by atoms with van der Waals surface area (Å²) in [5, 5.41) is 6.04. The monoisotopic (exact) mass is 347 g/mol. The van der Waals surface area contributed by atoms with Crippen molar-refractivity contribution in [3.8, 4) is 0 Å². The van der Waals surface area contributed by atoms with Crippen molar-refractivity contribution < 1.29 is 14.4 Å². The predicted molar refractivity (Wildman–Crippen MR) is 92.5 cm³/mol. The Bertz CT molecular complexity index is 585. The van der Waals surface area contributed by atoms with Crippen molar-refractivity contribution in [2.45, 2.75) is 70.4 Å². The average molecular weight is 347 g/mol. The van der Waals surface area contributed by atoms with Crippen molar-refractivity contribution in [3.63, 3.8) is 0 Å². The number of urea groups is 1. The lowest BCUT2D eigenvalue weighted by molar-refractivity contribution is -0.136. The van der Waals surface area contributed by atoms with Gasteiger partial charge in [-0.2, -0.15) is 0 Å². The van der Waals surface area contributed by atoms with Gasteiger partial charge in [-0.25, -0.2) is 4.79 Å². The average Bonchev–Trinajstić information content (AvgIpc) is 3.46. The van der Waals surface area contributed by atoms with Gasteiger partial charge in [0.05, 0.1) is 0 Å². The van der Waals surface area contributed by atoms with Crippen LogP contribution in [0.25, 0.3) is 0 Å². The second kappa shape index (κ2) is 5.99. The summed E-state index contributed by atoms with van der Waals surface area (Å²) in [4.78, 5) is 39.1. The minimum atomic E-state index is -0.704. The van der Waals surface area contributed by atoms with E-state index in [2.05, 4.69) is 24.5 Å². The van der Waals surface area contributed by atoms with Crippen molar-refractivity contribution in [1.29, 1.82) is 0 Å². The number of carbonyl (C=O) groups excluding carboxylic acids is 3. The van der Waals surface area contributed by atoms with Crippen LogP contribution in [0.4, 0.5) is 4.79 Å². The number of amides is 4. The van der Waals surface area contributed by atoms with E-state index in [9.17, 15) is 14.4 Å². The summed E-state index contributed by atoms with van der Waals surface area (Å²) >= 11 is 0. The highest BCUT2D eigenvalue weighted by Crippen LogP contribution is 2.54. The molecule has 138 valence electrons. The molecule has 25 heavy (non-hydrogen) atoms. The highest BCUT2D eigenvalue weighted by molar-refractivity contribution is 6.09. The van der Waals surface area contributed by atoms with E-state index in [-0.39, 0.29) is 42.3 Å². The molecule has 3 aliphatic carbocycles. The van der Waals surface area contributed by atoms with Gasteiger partial charge in [-0.1, -0.05) is 26.7 Å². The molecular formula is C19H29N3O3. The van der Waals surface area contributed by atoms with E-state index in [1.165, 1.54) is 6.42 Å². The van der Waals surface area contributed by atoms with Crippen LogP contribution in [0, 0.1) is 23.7 Å². The Kier molecular flexibility index (Phi) is 4.04. The third kappa shape index (κ3) is 2.83. The minimum absolute atomic E-state index is 0.147. The first-order valence-corrected chi connectivity index (χ1v) is 9.87. The van der Waals surface area contributed by atoms with Gasteiger partial charge in [0.2, 0.25) is 5.91 Å². The summed E-state index contributed by atoms with van der Waals surface area (Å²) in [5.74, 6) is 1.18. The normalized spacial score (nSPS) is 34.8. The maximum atomic E-state index is 13.0. The highest BCUT2D eigenvalue weighted by Gasteiger charge is 2.65. The lowest BCUT2D eigenvalue weighted by Gasteiger charge is -2.34. The number of nitrogens with one attached hydrogen (secondary N) is 2. The molecule has 1 saturated heterocycles. The second-order valence-electron chi connectivity index (χ2n) is 8.68. The van der Waals surface area contributed by atoms with E-state index in [1.807, 2.05) is 0 Å². The van der Waals surface area contributed by atoms with Crippen LogP contribution in [-0.4, -0.2) is 40.9 Å². The molecular weight excluding hydrogens is 318 g/mol. The fourth-order valence-electron chi connectivity index (χ4n) is 4.90. The molecule has 0 aromatic rings. The molecule has 0 bridgehead atoms. The van der Waals surface area contributed by atoms with Gasteiger partial charge in [-0.3, -0.25) is 14.5 Å². The molecule has 4 amide bonds. The van der Waals surface area contributed by atoms with Crippen molar-refractivity contribution in [1.82, 2.24) is 15.5 Å². The molecule has 0 unspecified atom stereocenters. The zero-order chi connectivity index (χ0) is 17.8. The Balaban J connectivity index is 1.41. The molecule has 0 radical (unpaired) electrons. The number of imide groups is 1. The molecule has 2 N–H and O–H groups in total. The van der Waals surface area contributed by atoms with Crippen LogP contribution in [0.2, 0.25) is 0 Å². The first-order valence-electron chi connectivity index (χ1n) is 9.87. The van der Waals surface area contributed by atoms with E-state index in [4.69, 9.17) is 0 Å². The van der Waals surface area contributed by atoms with Crippen molar-refractivity contribution in [3.05, 3.63) is 0 Å². The van der Waals surface area contributed by atoms with E-state index < -0.39 is 5.54 Å². The lowest BCUT2D eigenvalue weighted by atomic mass is 9.78. The molecule has 3 atom stereocenters. The SMILES string of the molecule is C[C@@H]1[C@H](C)CCC[C@@H]1NC(=O)CN1C(=O)NC(C2CC2)(C2CC2)C1=O. The molecule has 4 rings (SSSR count). The van der Waals surface area contributed by atoms with Crippen molar-refractivity contribution >= 4 is 17.8 Å². The Morgan fingerprint density at radius 2 is 1.76 bits per heavy atom. The smallest absolute Gasteiger partial charge is 0.325 e. The van der Waals surface area contributed by atoms with Crippen LogP contribution in [0.5, 0.6) is 0 Å². The van der Waals surface area contributed by atoms with Crippen LogP contribution in [0.3, 0.4) is 0 Å². The number of hydrogen-bond donors (Lipinski definition) is 2. The minimum Gasteiger partial charge on any atom is -0.352 e. The van der Waals surface area contributed by atoms with Crippen LogP contribution >= 0.6 is 0 Å².